The summed E-state index contributed by atoms with van der Waals surface area (Å²) in [6.45, 7) is 9.44. The first-order valence-corrected chi connectivity index (χ1v) is 7.93. The molecule has 4 atom stereocenters. The summed E-state index contributed by atoms with van der Waals surface area (Å²) in [7, 11) is 0. The third-order valence-electron chi connectivity index (χ3n) is 5.75. The van der Waals surface area contributed by atoms with E-state index < -0.39 is 0 Å². The molecule has 0 N–H and O–H groups in total. The Labute approximate surface area is 120 Å². The Morgan fingerprint density at radius 2 is 2.11 bits per heavy atom. The first-order valence-electron chi connectivity index (χ1n) is 7.01. The molecule has 2 aliphatic rings. The fourth-order valence-electron chi connectivity index (χ4n) is 4.49. The highest BCUT2D eigenvalue weighted by Crippen LogP contribution is 2.61. The molecule has 0 amide bonds. The van der Waals surface area contributed by atoms with E-state index >= 15 is 0 Å². The number of fused-ring (bicyclic) bond motifs is 1. The van der Waals surface area contributed by atoms with Gasteiger partial charge in [0.25, 0.3) is 0 Å². The first kappa shape index (κ1) is 14.1. The molecule has 0 heterocycles. The maximum atomic E-state index is 9.14. The van der Waals surface area contributed by atoms with Gasteiger partial charge in [0.15, 0.2) is 0 Å². The third kappa shape index (κ3) is 1.95. The van der Waals surface area contributed by atoms with Gasteiger partial charge in [-0.05, 0) is 48.9 Å². The van der Waals surface area contributed by atoms with Crippen molar-refractivity contribution in [3.05, 3.63) is 11.6 Å². The van der Waals surface area contributed by atoms with Crippen LogP contribution in [0.1, 0.15) is 53.4 Å². The highest BCUT2D eigenvalue weighted by molar-refractivity contribution is 9.09. The van der Waals surface area contributed by atoms with Crippen LogP contribution in [0.2, 0.25) is 0 Å². The molecule has 1 fully saturated rings. The van der Waals surface area contributed by atoms with E-state index in [0.29, 0.717) is 33.9 Å². The lowest BCUT2D eigenvalue weighted by Crippen LogP contribution is -2.52. The van der Waals surface area contributed by atoms with Crippen LogP contribution in [0.3, 0.4) is 0 Å². The van der Waals surface area contributed by atoms with Gasteiger partial charge < -0.3 is 0 Å². The third-order valence-corrected chi connectivity index (χ3v) is 7.39. The first-order chi connectivity index (χ1) is 8.34. The van der Waals surface area contributed by atoms with Crippen LogP contribution >= 0.6 is 15.9 Å². The van der Waals surface area contributed by atoms with Gasteiger partial charge in [-0.3, -0.25) is 0 Å². The molecular formula is C16H24BrN. The van der Waals surface area contributed by atoms with Crippen LogP contribution in [-0.4, -0.2) is 4.83 Å². The lowest BCUT2D eigenvalue weighted by Gasteiger charge is -2.58. The quantitative estimate of drug-likeness (QED) is 0.490. The monoisotopic (exact) mass is 309 g/mol. The van der Waals surface area contributed by atoms with Crippen molar-refractivity contribution in [1.29, 1.82) is 5.26 Å². The summed E-state index contributed by atoms with van der Waals surface area (Å²) in [4.78, 5) is 0.609. The molecule has 0 aliphatic heterocycles. The second-order valence-corrected chi connectivity index (χ2v) is 8.09. The van der Waals surface area contributed by atoms with Crippen LogP contribution in [0.5, 0.6) is 0 Å². The molecule has 0 bridgehead atoms. The number of halogens is 1. The molecular weight excluding hydrogens is 286 g/mol. The van der Waals surface area contributed by atoms with Gasteiger partial charge in [0.1, 0.15) is 0 Å². The zero-order valence-corrected chi connectivity index (χ0v) is 13.5. The van der Waals surface area contributed by atoms with Gasteiger partial charge in [-0.15, -0.1) is 0 Å². The average molecular weight is 310 g/mol. The molecule has 2 rings (SSSR count). The van der Waals surface area contributed by atoms with Crippen LogP contribution < -0.4 is 0 Å². The molecule has 0 radical (unpaired) electrons. The molecule has 2 aliphatic carbocycles. The summed E-state index contributed by atoms with van der Waals surface area (Å²) in [6.07, 6.45) is 6.72. The molecule has 18 heavy (non-hydrogen) atoms. The fraction of sp³-hybridized carbons (Fsp3) is 0.812. The lowest BCUT2D eigenvalue weighted by molar-refractivity contribution is -0.0295. The SMILES string of the molecule is CC1=CC[C@H]2C(C)(C)[C@@H](Br)CC[C@]2(C)[C@H]1CC#N. The van der Waals surface area contributed by atoms with Crippen LogP contribution in [0, 0.1) is 34.0 Å². The number of allylic oxidation sites excluding steroid dienone is 2. The van der Waals surface area contributed by atoms with Gasteiger partial charge in [0, 0.05) is 11.2 Å². The zero-order valence-electron chi connectivity index (χ0n) is 12.0. The summed E-state index contributed by atoms with van der Waals surface area (Å²) < 4.78 is 0. The van der Waals surface area contributed by atoms with E-state index in [1.165, 1.54) is 24.8 Å². The van der Waals surface area contributed by atoms with Gasteiger partial charge in [0.2, 0.25) is 0 Å². The molecule has 1 saturated carbocycles. The number of hydrogen-bond acceptors (Lipinski definition) is 1. The lowest BCUT2D eigenvalue weighted by atomic mass is 9.48. The summed E-state index contributed by atoms with van der Waals surface area (Å²) >= 11 is 3.88. The van der Waals surface area contributed by atoms with Gasteiger partial charge >= 0.3 is 0 Å². The second kappa shape index (κ2) is 4.67. The summed E-state index contributed by atoms with van der Waals surface area (Å²) in [5, 5.41) is 9.14. The van der Waals surface area contributed by atoms with E-state index in [9.17, 15) is 0 Å². The van der Waals surface area contributed by atoms with E-state index in [4.69, 9.17) is 5.26 Å². The van der Waals surface area contributed by atoms with Crippen molar-refractivity contribution in [2.24, 2.45) is 22.7 Å². The van der Waals surface area contributed by atoms with E-state index in [-0.39, 0.29) is 0 Å². The number of alkyl halides is 1. The van der Waals surface area contributed by atoms with Crippen LogP contribution in [0.4, 0.5) is 0 Å². The highest BCUT2D eigenvalue weighted by Gasteiger charge is 2.54. The van der Waals surface area contributed by atoms with Crippen LogP contribution in [0.15, 0.2) is 11.6 Å². The van der Waals surface area contributed by atoms with Gasteiger partial charge in [-0.25, -0.2) is 0 Å². The largest absolute Gasteiger partial charge is 0.198 e. The number of hydrogen-bond donors (Lipinski definition) is 0. The minimum atomic E-state index is 0.308. The molecule has 0 saturated heterocycles. The topological polar surface area (TPSA) is 23.8 Å². The van der Waals surface area contributed by atoms with E-state index in [1.807, 2.05) is 0 Å². The molecule has 100 valence electrons. The summed E-state index contributed by atoms with van der Waals surface area (Å²) in [5.74, 6) is 1.14. The van der Waals surface area contributed by atoms with Crippen molar-refractivity contribution < 1.29 is 0 Å². The molecule has 0 unspecified atom stereocenters. The van der Waals surface area contributed by atoms with Crippen molar-refractivity contribution in [2.45, 2.75) is 58.2 Å². The van der Waals surface area contributed by atoms with Crippen molar-refractivity contribution in [3.8, 4) is 6.07 Å². The van der Waals surface area contributed by atoms with Gasteiger partial charge in [0.05, 0.1) is 6.07 Å². The Hall–Kier alpha value is -0.290. The summed E-state index contributed by atoms with van der Waals surface area (Å²) in [5.41, 5.74) is 2.07. The molecule has 0 spiro atoms. The van der Waals surface area contributed by atoms with Gasteiger partial charge in [-0.1, -0.05) is 48.4 Å². The number of nitrogens with zero attached hydrogens (tertiary/aromatic N) is 1. The second-order valence-electron chi connectivity index (χ2n) is 6.98. The molecule has 0 aromatic rings. The average Bonchev–Trinajstić information content (AvgIpc) is 2.29. The number of rotatable bonds is 1. The van der Waals surface area contributed by atoms with E-state index in [1.54, 1.807) is 0 Å². The fourth-order valence-corrected chi connectivity index (χ4v) is 5.04. The van der Waals surface area contributed by atoms with Crippen LogP contribution in [0.25, 0.3) is 0 Å². The Bertz CT molecular complexity index is 404. The van der Waals surface area contributed by atoms with E-state index in [0.717, 1.165) is 0 Å². The Kier molecular flexibility index (Phi) is 3.67. The maximum Gasteiger partial charge on any atom is 0.0628 e. The smallest absolute Gasteiger partial charge is 0.0628 e. The minimum Gasteiger partial charge on any atom is -0.198 e. The maximum absolute atomic E-state index is 9.14. The van der Waals surface area contributed by atoms with Gasteiger partial charge in [-0.2, -0.15) is 5.26 Å². The normalized spacial score (nSPS) is 42.7. The van der Waals surface area contributed by atoms with Crippen molar-refractivity contribution in [2.75, 3.05) is 0 Å². The van der Waals surface area contributed by atoms with E-state index in [2.05, 4.69) is 55.8 Å². The predicted molar refractivity (Wildman–Crippen MR) is 79.4 cm³/mol. The standard InChI is InChI=1S/C16H24BrN/c1-11-5-6-13-15(2,3)14(17)7-9-16(13,4)12(11)8-10-18/h5,12-14H,6-9H2,1-4H3/t12-,13-,14-,16+/m0/s1. The van der Waals surface area contributed by atoms with Crippen molar-refractivity contribution in [1.82, 2.24) is 0 Å². The minimum absolute atomic E-state index is 0.308. The van der Waals surface area contributed by atoms with Crippen LogP contribution in [-0.2, 0) is 0 Å². The number of nitriles is 1. The molecule has 0 aromatic heterocycles. The van der Waals surface area contributed by atoms with Crippen molar-refractivity contribution >= 4 is 15.9 Å². The Balaban J connectivity index is 2.41. The summed E-state index contributed by atoms with van der Waals surface area (Å²) in [6, 6.07) is 2.41. The highest BCUT2D eigenvalue weighted by atomic mass is 79.9. The Morgan fingerprint density at radius 3 is 2.72 bits per heavy atom. The molecule has 0 aromatic carbocycles. The predicted octanol–water partition coefficient (Wildman–Crippen LogP) is 5.07. The Morgan fingerprint density at radius 1 is 1.44 bits per heavy atom. The molecule has 2 heteroatoms. The zero-order chi connectivity index (χ0) is 13.6. The van der Waals surface area contributed by atoms with Crippen molar-refractivity contribution in [3.63, 3.8) is 0 Å². The molecule has 1 nitrogen and oxygen atoms in total.